The largest absolute Gasteiger partial charge is 0.496 e. The Morgan fingerprint density at radius 3 is 3.10 bits per heavy atom. The van der Waals surface area contributed by atoms with Crippen LogP contribution >= 0.6 is 0 Å². The van der Waals surface area contributed by atoms with E-state index in [1.807, 2.05) is 24.3 Å². The van der Waals surface area contributed by atoms with Gasteiger partial charge in [-0.05, 0) is 37.4 Å². The van der Waals surface area contributed by atoms with Gasteiger partial charge in [0.15, 0.2) is 0 Å². The molecule has 0 aliphatic carbocycles. The van der Waals surface area contributed by atoms with Gasteiger partial charge >= 0.3 is 0 Å². The maximum Gasteiger partial charge on any atom is 0.237 e. The Labute approximate surface area is 125 Å². The van der Waals surface area contributed by atoms with Crippen molar-refractivity contribution in [3.63, 3.8) is 0 Å². The number of carbonyl (C=O) groups excluding carboxylic acids is 1. The Morgan fingerprint density at radius 1 is 1.52 bits per heavy atom. The smallest absolute Gasteiger partial charge is 0.237 e. The Kier molecular flexibility index (Phi) is 5.59. The summed E-state index contributed by atoms with van der Waals surface area (Å²) < 4.78 is 5.29. The summed E-state index contributed by atoms with van der Waals surface area (Å²) in [7, 11) is 1.66. The molecule has 2 rings (SSSR count). The number of carbonyl (C=O) groups is 1. The number of ether oxygens (including phenoxy) is 1. The molecule has 1 aliphatic heterocycles. The number of nitrogens with zero attached hydrogens (tertiary/aromatic N) is 2. The highest BCUT2D eigenvalue weighted by molar-refractivity contribution is 5.79. The molecular weight excluding hydrogens is 266 g/mol. The van der Waals surface area contributed by atoms with Gasteiger partial charge in [-0.1, -0.05) is 18.2 Å². The minimum absolute atomic E-state index is 0.0130. The Balaban J connectivity index is 1.75. The number of rotatable bonds is 6. The number of nitriles is 1. The number of hydrogen-bond acceptors (Lipinski definition) is 4. The lowest BCUT2D eigenvalue weighted by Crippen LogP contribution is -2.41. The average Bonchev–Trinajstić information content (AvgIpc) is 3.00. The average molecular weight is 287 g/mol. The van der Waals surface area contributed by atoms with Crippen LogP contribution in [0.2, 0.25) is 0 Å². The van der Waals surface area contributed by atoms with Crippen LogP contribution in [0, 0.1) is 11.3 Å². The minimum atomic E-state index is -0.242. The third-order valence-electron chi connectivity index (χ3n) is 3.76. The van der Waals surface area contributed by atoms with Gasteiger partial charge in [0, 0.05) is 6.54 Å². The summed E-state index contributed by atoms with van der Waals surface area (Å²) in [5.74, 6) is 0.883. The molecule has 1 aromatic carbocycles. The fourth-order valence-electron chi connectivity index (χ4n) is 2.63. The van der Waals surface area contributed by atoms with Crippen molar-refractivity contribution in [3.05, 3.63) is 29.8 Å². The van der Waals surface area contributed by atoms with Crippen LogP contribution in [-0.2, 0) is 11.2 Å². The van der Waals surface area contributed by atoms with Gasteiger partial charge in [0.25, 0.3) is 0 Å². The van der Waals surface area contributed by atoms with Crippen molar-refractivity contribution in [1.82, 2.24) is 10.2 Å². The molecule has 5 nitrogen and oxygen atoms in total. The first-order valence-corrected chi connectivity index (χ1v) is 7.28. The Hall–Kier alpha value is -2.06. The van der Waals surface area contributed by atoms with Gasteiger partial charge in [-0.25, -0.2) is 0 Å². The molecule has 1 atom stereocenters. The van der Waals surface area contributed by atoms with E-state index in [0.717, 1.165) is 30.6 Å². The second kappa shape index (κ2) is 7.65. The summed E-state index contributed by atoms with van der Waals surface area (Å²) in [6.07, 6.45) is 2.52. The molecule has 0 bridgehead atoms. The number of hydrogen-bond donors (Lipinski definition) is 1. The second-order valence-corrected chi connectivity index (χ2v) is 5.11. The molecule has 1 heterocycles. The SMILES string of the molecule is COc1ccccc1CCNCC(=O)N1CCC[C@H]1C#N. The summed E-state index contributed by atoms with van der Waals surface area (Å²) in [6, 6.07) is 9.82. The van der Waals surface area contributed by atoms with Crippen molar-refractivity contribution in [3.8, 4) is 11.8 Å². The van der Waals surface area contributed by atoms with Crippen molar-refractivity contribution in [2.75, 3.05) is 26.7 Å². The molecule has 1 aliphatic rings. The maximum atomic E-state index is 12.0. The van der Waals surface area contributed by atoms with Crippen LogP contribution in [0.25, 0.3) is 0 Å². The van der Waals surface area contributed by atoms with Crippen LogP contribution in [0.1, 0.15) is 18.4 Å². The monoisotopic (exact) mass is 287 g/mol. The highest BCUT2D eigenvalue weighted by Crippen LogP contribution is 2.17. The Bertz CT molecular complexity index is 524. The van der Waals surface area contributed by atoms with Gasteiger partial charge in [-0.3, -0.25) is 4.79 Å². The van der Waals surface area contributed by atoms with Gasteiger partial charge < -0.3 is 15.0 Å². The summed E-state index contributed by atoms with van der Waals surface area (Å²) >= 11 is 0. The van der Waals surface area contributed by atoms with Gasteiger partial charge in [-0.15, -0.1) is 0 Å². The first-order chi connectivity index (χ1) is 10.3. The van der Waals surface area contributed by atoms with E-state index in [-0.39, 0.29) is 18.5 Å². The van der Waals surface area contributed by atoms with Crippen molar-refractivity contribution >= 4 is 5.91 Å². The quantitative estimate of drug-likeness (QED) is 0.802. The van der Waals surface area contributed by atoms with Crippen LogP contribution in [0.3, 0.4) is 0 Å². The zero-order valence-electron chi connectivity index (χ0n) is 12.3. The van der Waals surface area contributed by atoms with Gasteiger partial charge in [0.1, 0.15) is 11.8 Å². The summed E-state index contributed by atoms with van der Waals surface area (Å²) in [4.78, 5) is 13.7. The molecule has 1 fully saturated rings. The fourth-order valence-corrected chi connectivity index (χ4v) is 2.63. The number of para-hydroxylation sites is 1. The zero-order chi connectivity index (χ0) is 15.1. The topological polar surface area (TPSA) is 65.4 Å². The molecular formula is C16H21N3O2. The predicted molar refractivity (Wildman–Crippen MR) is 79.9 cm³/mol. The number of benzene rings is 1. The third-order valence-corrected chi connectivity index (χ3v) is 3.76. The number of methoxy groups -OCH3 is 1. The summed E-state index contributed by atoms with van der Waals surface area (Å²) in [5.41, 5.74) is 1.12. The van der Waals surface area contributed by atoms with E-state index < -0.39 is 0 Å². The van der Waals surface area contributed by atoms with Crippen molar-refractivity contribution in [2.24, 2.45) is 0 Å². The molecule has 1 aromatic rings. The Morgan fingerprint density at radius 2 is 2.33 bits per heavy atom. The van der Waals surface area contributed by atoms with Gasteiger partial charge in [-0.2, -0.15) is 5.26 Å². The molecule has 112 valence electrons. The van der Waals surface area contributed by atoms with Crippen molar-refractivity contribution in [2.45, 2.75) is 25.3 Å². The lowest BCUT2D eigenvalue weighted by Gasteiger charge is -2.19. The van der Waals surface area contributed by atoms with Crippen LogP contribution in [0.4, 0.5) is 0 Å². The lowest BCUT2D eigenvalue weighted by atomic mass is 10.1. The third kappa shape index (κ3) is 3.96. The predicted octanol–water partition coefficient (Wildman–Crippen LogP) is 1.34. The van der Waals surface area contributed by atoms with E-state index in [9.17, 15) is 4.79 Å². The van der Waals surface area contributed by atoms with Crippen LogP contribution in [0.15, 0.2) is 24.3 Å². The standard InChI is InChI=1S/C16H21N3O2/c1-21-15-7-3-2-5-13(15)8-9-18-12-16(20)19-10-4-6-14(19)11-17/h2-3,5,7,14,18H,4,6,8-10,12H2,1H3/t14-/m0/s1. The van der Waals surface area contributed by atoms with Crippen LogP contribution in [-0.4, -0.2) is 43.6 Å². The normalized spacial score (nSPS) is 17.5. The first kappa shape index (κ1) is 15.3. The number of likely N-dealkylation sites (tertiary alicyclic amines) is 1. The zero-order valence-corrected chi connectivity index (χ0v) is 12.3. The highest BCUT2D eigenvalue weighted by atomic mass is 16.5. The lowest BCUT2D eigenvalue weighted by molar-refractivity contribution is -0.130. The molecule has 0 aromatic heterocycles. The van der Waals surface area contributed by atoms with Crippen molar-refractivity contribution in [1.29, 1.82) is 5.26 Å². The minimum Gasteiger partial charge on any atom is -0.496 e. The van der Waals surface area contributed by atoms with Gasteiger partial charge in [0.2, 0.25) is 5.91 Å². The van der Waals surface area contributed by atoms with Crippen LogP contribution < -0.4 is 10.1 Å². The second-order valence-electron chi connectivity index (χ2n) is 5.11. The number of nitrogens with one attached hydrogen (secondary N) is 1. The molecule has 5 heteroatoms. The molecule has 0 radical (unpaired) electrons. The summed E-state index contributed by atoms with van der Waals surface area (Å²) in [6.45, 7) is 1.69. The fraction of sp³-hybridized carbons (Fsp3) is 0.500. The molecule has 1 N–H and O–H groups in total. The molecule has 0 spiro atoms. The van der Waals surface area contributed by atoms with E-state index in [4.69, 9.17) is 10.00 Å². The molecule has 1 saturated heterocycles. The number of amides is 1. The summed E-state index contributed by atoms with van der Waals surface area (Å²) in [5, 5.41) is 12.1. The van der Waals surface area contributed by atoms with E-state index in [0.29, 0.717) is 13.1 Å². The highest BCUT2D eigenvalue weighted by Gasteiger charge is 2.27. The van der Waals surface area contributed by atoms with E-state index in [1.165, 1.54) is 0 Å². The van der Waals surface area contributed by atoms with Gasteiger partial charge in [0.05, 0.1) is 19.7 Å². The molecule has 21 heavy (non-hydrogen) atoms. The molecule has 0 unspecified atom stereocenters. The van der Waals surface area contributed by atoms with Crippen LogP contribution in [0.5, 0.6) is 5.75 Å². The van der Waals surface area contributed by atoms with Crippen molar-refractivity contribution < 1.29 is 9.53 Å². The molecule has 1 amide bonds. The van der Waals surface area contributed by atoms with E-state index in [1.54, 1.807) is 12.0 Å². The first-order valence-electron chi connectivity index (χ1n) is 7.28. The molecule has 0 saturated carbocycles. The van der Waals surface area contributed by atoms with E-state index in [2.05, 4.69) is 11.4 Å². The van der Waals surface area contributed by atoms with E-state index >= 15 is 0 Å². The maximum absolute atomic E-state index is 12.0.